The molecule has 4 aromatic carbocycles. The molecule has 0 unspecified atom stereocenters. The van der Waals surface area contributed by atoms with Crippen LogP contribution in [-0.2, 0) is 4.79 Å². The molecule has 0 spiro atoms. The molecule has 146 valence electrons. The van der Waals surface area contributed by atoms with Crippen LogP contribution in [0.1, 0.15) is 18.9 Å². The molecule has 5 rings (SSSR count). The maximum Gasteiger partial charge on any atom is 0.310 e. The third-order valence-electron chi connectivity index (χ3n) is 5.31. The van der Waals surface area contributed by atoms with Crippen molar-refractivity contribution in [3.8, 4) is 16.9 Å². The van der Waals surface area contributed by atoms with Crippen molar-refractivity contribution in [2.45, 2.75) is 20.3 Å². The molecule has 0 aliphatic rings. The first-order valence-corrected chi connectivity index (χ1v) is 10.0. The van der Waals surface area contributed by atoms with Gasteiger partial charge < -0.3 is 4.74 Å². The first-order chi connectivity index (χ1) is 14.7. The highest BCUT2D eigenvalue weighted by Crippen LogP contribution is 2.43. The Labute approximate surface area is 174 Å². The molecule has 1 aromatic heterocycles. The van der Waals surface area contributed by atoms with E-state index in [0.29, 0.717) is 12.2 Å². The minimum atomic E-state index is -0.276. The Morgan fingerprint density at radius 3 is 2.07 bits per heavy atom. The Hall–Kier alpha value is -3.79. The molecular weight excluding hydrogens is 372 g/mol. The molecule has 1 heterocycles. The minimum Gasteiger partial charge on any atom is -0.425 e. The highest BCUT2D eigenvalue weighted by molar-refractivity contribution is 6.16. The van der Waals surface area contributed by atoms with Gasteiger partial charge in [-0.25, -0.2) is 9.97 Å². The number of rotatable bonds is 3. The monoisotopic (exact) mass is 392 g/mol. The summed E-state index contributed by atoms with van der Waals surface area (Å²) >= 11 is 0. The normalized spacial score (nSPS) is 11.3. The molecule has 0 amide bonds. The van der Waals surface area contributed by atoms with E-state index < -0.39 is 0 Å². The summed E-state index contributed by atoms with van der Waals surface area (Å²) in [6.45, 7) is 3.85. The number of aryl methyl sites for hydroxylation is 1. The summed E-state index contributed by atoms with van der Waals surface area (Å²) in [6, 6.07) is 23.9. The summed E-state index contributed by atoms with van der Waals surface area (Å²) in [4.78, 5) is 22.3. The van der Waals surface area contributed by atoms with Crippen molar-refractivity contribution in [2.24, 2.45) is 0 Å². The summed E-state index contributed by atoms with van der Waals surface area (Å²) in [5.41, 5.74) is 6.08. The van der Waals surface area contributed by atoms with Crippen molar-refractivity contribution >= 4 is 38.8 Å². The van der Waals surface area contributed by atoms with Crippen LogP contribution < -0.4 is 4.74 Å². The van der Waals surface area contributed by atoms with Gasteiger partial charge in [-0.2, -0.15) is 0 Å². The van der Waals surface area contributed by atoms with Gasteiger partial charge in [0, 0.05) is 17.2 Å². The van der Waals surface area contributed by atoms with Gasteiger partial charge in [0.1, 0.15) is 11.3 Å². The predicted octanol–water partition coefficient (Wildman–Crippen LogP) is 6.23. The molecule has 0 bridgehead atoms. The zero-order valence-electron chi connectivity index (χ0n) is 16.8. The number of ether oxygens (including phenoxy) is 1. The lowest BCUT2D eigenvalue weighted by Crippen LogP contribution is -2.08. The molecule has 0 aliphatic carbocycles. The molecule has 0 radical (unpaired) electrons. The largest absolute Gasteiger partial charge is 0.425 e. The van der Waals surface area contributed by atoms with E-state index in [2.05, 4.69) is 12.1 Å². The summed E-state index contributed by atoms with van der Waals surface area (Å²) < 4.78 is 5.91. The molecule has 30 heavy (non-hydrogen) atoms. The van der Waals surface area contributed by atoms with Gasteiger partial charge in [-0.1, -0.05) is 73.2 Å². The van der Waals surface area contributed by atoms with Crippen molar-refractivity contribution in [2.75, 3.05) is 0 Å². The molecule has 0 saturated carbocycles. The van der Waals surface area contributed by atoms with E-state index in [1.54, 1.807) is 6.92 Å². The molecule has 0 N–H and O–H groups in total. The fourth-order valence-corrected chi connectivity index (χ4v) is 3.77. The summed E-state index contributed by atoms with van der Waals surface area (Å²) in [6.07, 6.45) is 0.295. The average molecular weight is 392 g/mol. The lowest BCUT2D eigenvalue weighted by molar-refractivity contribution is -0.133. The topological polar surface area (TPSA) is 52.1 Å². The van der Waals surface area contributed by atoms with Gasteiger partial charge in [-0.3, -0.25) is 4.79 Å². The van der Waals surface area contributed by atoms with Crippen molar-refractivity contribution < 1.29 is 9.53 Å². The Balaban J connectivity index is 1.99. The molecule has 0 aliphatic heterocycles. The van der Waals surface area contributed by atoms with Crippen LogP contribution in [0.4, 0.5) is 0 Å². The molecule has 4 nitrogen and oxygen atoms in total. The first-order valence-electron chi connectivity index (χ1n) is 10.0. The summed E-state index contributed by atoms with van der Waals surface area (Å²) in [5.74, 6) is 0.264. The van der Waals surface area contributed by atoms with Crippen molar-refractivity contribution in [1.29, 1.82) is 0 Å². The van der Waals surface area contributed by atoms with Crippen LogP contribution in [0.25, 0.3) is 44.0 Å². The van der Waals surface area contributed by atoms with Gasteiger partial charge >= 0.3 is 5.97 Å². The number of aromatic nitrogens is 2. The Kier molecular flexibility index (Phi) is 4.40. The average Bonchev–Trinajstić information content (AvgIpc) is 2.79. The number of para-hydroxylation sites is 2. The van der Waals surface area contributed by atoms with Crippen LogP contribution in [0.15, 0.2) is 72.8 Å². The van der Waals surface area contributed by atoms with Gasteiger partial charge in [0.05, 0.1) is 22.1 Å². The number of benzene rings is 4. The molecule has 5 aromatic rings. The van der Waals surface area contributed by atoms with Gasteiger partial charge in [-0.05, 0) is 24.6 Å². The van der Waals surface area contributed by atoms with Crippen molar-refractivity contribution in [3.63, 3.8) is 0 Å². The van der Waals surface area contributed by atoms with Crippen LogP contribution in [0.3, 0.4) is 0 Å². The third kappa shape index (κ3) is 2.98. The smallest absolute Gasteiger partial charge is 0.310 e. The van der Waals surface area contributed by atoms with Crippen molar-refractivity contribution in [3.05, 3.63) is 78.4 Å². The maximum absolute atomic E-state index is 12.4. The minimum absolute atomic E-state index is 0.276. The number of esters is 1. The number of carbonyl (C=O) groups excluding carboxylic acids is 1. The van der Waals surface area contributed by atoms with Gasteiger partial charge in [0.15, 0.2) is 0 Å². The predicted molar refractivity (Wildman–Crippen MR) is 121 cm³/mol. The maximum atomic E-state index is 12.4. The lowest BCUT2D eigenvalue weighted by Gasteiger charge is -2.17. The second-order valence-electron chi connectivity index (χ2n) is 7.35. The van der Waals surface area contributed by atoms with Crippen LogP contribution >= 0.6 is 0 Å². The van der Waals surface area contributed by atoms with Gasteiger partial charge in [-0.15, -0.1) is 0 Å². The standard InChI is InChI=1S/C26H20N2O2/c1-3-22(29)30-26-19-9-5-4-8-18(19)24-25(23(26)17-14-12-16(2)13-15-17)28-21-11-7-6-10-20(21)27-24/h4-15H,3H2,1-2H3. The van der Waals surface area contributed by atoms with E-state index in [0.717, 1.165) is 49.5 Å². The Bertz CT molecular complexity index is 1420. The summed E-state index contributed by atoms with van der Waals surface area (Å²) in [7, 11) is 0. The van der Waals surface area contributed by atoms with E-state index in [-0.39, 0.29) is 5.97 Å². The zero-order chi connectivity index (χ0) is 20.7. The number of nitrogens with zero attached hydrogens (tertiary/aromatic N) is 2. The number of hydrogen-bond donors (Lipinski definition) is 0. The first kappa shape index (κ1) is 18.3. The van der Waals surface area contributed by atoms with E-state index in [1.165, 1.54) is 0 Å². The Morgan fingerprint density at radius 2 is 1.40 bits per heavy atom. The molecule has 0 fully saturated rings. The van der Waals surface area contributed by atoms with Crippen LogP contribution in [0, 0.1) is 6.92 Å². The van der Waals surface area contributed by atoms with Crippen molar-refractivity contribution in [1.82, 2.24) is 9.97 Å². The zero-order valence-corrected chi connectivity index (χ0v) is 16.8. The van der Waals surface area contributed by atoms with E-state index in [4.69, 9.17) is 14.7 Å². The Morgan fingerprint density at radius 1 is 0.800 bits per heavy atom. The molecule has 0 saturated heterocycles. The van der Waals surface area contributed by atoms with Gasteiger partial charge in [0.2, 0.25) is 0 Å². The quantitative estimate of drug-likeness (QED) is 0.158. The summed E-state index contributed by atoms with van der Waals surface area (Å²) in [5, 5.41) is 1.77. The van der Waals surface area contributed by atoms with E-state index in [1.807, 2.05) is 67.6 Å². The second-order valence-corrected chi connectivity index (χ2v) is 7.35. The van der Waals surface area contributed by atoms with Crippen LogP contribution in [0.2, 0.25) is 0 Å². The van der Waals surface area contributed by atoms with Crippen LogP contribution in [-0.4, -0.2) is 15.9 Å². The number of hydrogen-bond acceptors (Lipinski definition) is 4. The highest BCUT2D eigenvalue weighted by Gasteiger charge is 2.21. The highest BCUT2D eigenvalue weighted by atomic mass is 16.5. The lowest BCUT2D eigenvalue weighted by atomic mass is 9.96. The van der Waals surface area contributed by atoms with Gasteiger partial charge in [0.25, 0.3) is 0 Å². The van der Waals surface area contributed by atoms with Crippen LogP contribution in [0.5, 0.6) is 5.75 Å². The number of fused-ring (bicyclic) bond motifs is 4. The second kappa shape index (κ2) is 7.23. The molecule has 0 atom stereocenters. The molecule has 4 heteroatoms. The van der Waals surface area contributed by atoms with E-state index >= 15 is 0 Å². The molecular formula is C26H20N2O2. The van der Waals surface area contributed by atoms with E-state index in [9.17, 15) is 4.79 Å². The fourth-order valence-electron chi connectivity index (χ4n) is 3.77. The fraction of sp³-hybridized carbons (Fsp3) is 0.115. The SMILES string of the molecule is CCC(=O)Oc1c(-c2ccc(C)cc2)c2nc3ccccc3nc2c2ccccc12. The third-order valence-corrected chi connectivity index (χ3v) is 5.31. The number of carbonyl (C=O) groups is 1.